The van der Waals surface area contributed by atoms with Gasteiger partial charge in [-0.1, -0.05) is 5.11 Å². The van der Waals surface area contributed by atoms with E-state index in [0.717, 1.165) is 0 Å². The first-order valence-corrected chi connectivity index (χ1v) is 4.09. The van der Waals surface area contributed by atoms with Crippen molar-refractivity contribution in [2.24, 2.45) is 5.11 Å². The highest BCUT2D eigenvalue weighted by atomic mass is 16.7. The maximum absolute atomic E-state index is 9.45. The molecule has 1 N–H and O–H groups in total. The van der Waals surface area contributed by atoms with Crippen molar-refractivity contribution in [2.45, 2.75) is 37.9 Å². The third-order valence-corrected chi connectivity index (χ3v) is 2.12. The maximum Gasteiger partial charge on any atom is 0.183 e. The molecule has 0 aromatic carbocycles. The number of aliphatic hydroxyl groups is 1. The van der Waals surface area contributed by atoms with Crippen LogP contribution < -0.4 is 0 Å². The molecule has 0 saturated carbocycles. The molecule has 13 heavy (non-hydrogen) atoms. The summed E-state index contributed by atoms with van der Waals surface area (Å²) in [5.41, 5.74) is 8.24. The normalized spacial score (nSPS) is 39.6. The zero-order valence-electron chi connectivity index (χ0n) is 7.62. The van der Waals surface area contributed by atoms with Crippen molar-refractivity contribution in [3.63, 3.8) is 0 Å². The van der Waals surface area contributed by atoms with Crippen molar-refractivity contribution in [3.05, 3.63) is 10.4 Å². The average Bonchev–Trinajstić information content (AvgIpc) is 2.11. The molecule has 4 unspecified atom stereocenters. The first kappa shape index (κ1) is 10.3. The second-order valence-electron chi connectivity index (χ2n) is 3.02. The second-order valence-corrected chi connectivity index (χ2v) is 3.02. The summed E-state index contributed by atoms with van der Waals surface area (Å²) in [6.07, 6.45) is -1.18. The van der Waals surface area contributed by atoms with Crippen molar-refractivity contribution >= 4 is 0 Å². The van der Waals surface area contributed by atoms with Gasteiger partial charge in [0, 0.05) is 12.0 Å². The summed E-state index contributed by atoms with van der Waals surface area (Å²) in [5, 5.41) is 13.0. The van der Waals surface area contributed by atoms with E-state index in [0.29, 0.717) is 6.42 Å². The van der Waals surface area contributed by atoms with Crippen LogP contribution >= 0.6 is 0 Å². The molecule has 1 heterocycles. The van der Waals surface area contributed by atoms with Gasteiger partial charge in [0.15, 0.2) is 6.29 Å². The van der Waals surface area contributed by atoms with E-state index < -0.39 is 12.4 Å². The summed E-state index contributed by atoms with van der Waals surface area (Å²) in [6.45, 7) is 1.79. The third kappa shape index (κ3) is 2.32. The van der Waals surface area contributed by atoms with E-state index >= 15 is 0 Å². The van der Waals surface area contributed by atoms with Crippen LogP contribution in [0.3, 0.4) is 0 Å². The predicted molar refractivity (Wildman–Crippen MR) is 44.9 cm³/mol. The fraction of sp³-hybridized carbons (Fsp3) is 1.00. The van der Waals surface area contributed by atoms with E-state index in [1.54, 1.807) is 6.92 Å². The highest BCUT2D eigenvalue weighted by molar-refractivity contribution is 4.84. The Hall–Kier alpha value is -0.810. The molecule has 1 aliphatic rings. The minimum Gasteiger partial charge on any atom is -0.388 e. The molecule has 0 spiro atoms. The minimum atomic E-state index is -0.725. The zero-order valence-corrected chi connectivity index (χ0v) is 7.62. The number of ether oxygens (including phenoxy) is 2. The molecule has 0 amide bonds. The first-order chi connectivity index (χ1) is 6.19. The summed E-state index contributed by atoms with van der Waals surface area (Å²) >= 11 is 0. The van der Waals surface area contributed by atoms with Gasteiger partial charge >= 0.3 is 0 Å². The number of azide groups is 1. The van der Waals surface area contributed by atoms with Crippen LogP contribution in [0.2, 0.25) is 0 Å². The highest BCUT2D eigenvalue weighted by Crippen LogP contribution is 2.22. The third-order valence-electron chi connectivity index (χ3n) is 2.12. The van der Waals surface area contributed by atoms with Crippen molar-refractivity contribution in [3.8, 4) is 0 Å². The Balaban J connectivity index is 2.60. The van der Waals surface area contributed by atoms with Crippen molar-refractivity contribution in [1.82, 2.24) is 0 Å². The van der Waals surface area contributed by atoms with E-state index in [4.69, 9.17) is 15.0 Å². The lowest BCUT2D eigenvalue weighted by molar-refractivity contribution is -0.229. The van der Waals surface area contributed by atoms with Crippen LogP contribution in [-0.4, -0.2) is 36.8 Å². The molecule has 0 aliphatic carbocycles. The highest BCUT2D eigenvalue weighted by Gasteiger charge is 2.34. The van der Waals surface area contributed by atoms with E-state index in [9.17, 15) is 5.11 Å². The van der Waals surface area contributed by atoms with Crippen molar-refractivity contribution in [1.29, 1.82) is 0 Å². The smallest absolute Gasteiger partial charge is 0.183 e. The van der Waals surface area contributed by atoms with Gasteiger partial charge in [0.05, 0.1) is 12.1 Å². The molecule has 1 saturated heterocycles. The van der Waals surface area contributed by atoms with Crippen LogP contribution in [0.1, 0.15) is 13.3 Å². The fourth-order valence-electron chi connectivity index (χ4n) is 1.36. The summed E-state index contributed by atoms with van der Waals surface area (Å²) in [4.78, 5) is 2.69. The molecule has 0 bridgehead atoms. The number of aliphatic hydroxyl groups excluding tert-OH is 1. The summed E-state index contributed by atoms with van der Waals surface area (Å²) in [7, 11) is 1.47. The van der Waals surface area contributed by atoms with Crippen molar-refractivity contribution < 1.29 is 14.6 Å². The van der Waals surface area contributed by atoms with Crippen LogP contribution in [-0.2, 0) is 9.47 Å². The van der Waals surface area contributed by atoms with E-state index in [-0.39, 0.29) is 12.1 Å². The molecule has 74 valence electrons. The molecule has 0 aromatic heterocycles. The Labute approximate surface area is 76.1 Å². The lowest BCUT2D eigenvalue weighted by Gasteiger charge is -2.34. The van der Waals surface area contributed by atoms with Gasteiger partial charge in [-0.25, -0.2) is 0 Å². The number of hydrogen-bond acceptors (Lipinski definition) is 4. The maximum atomic E-state index is 9.45. The molecule has 0 aromatic rings. The SMILES string of the molecule is COC1OC(C)C(N=[N+]=[N-])CC1O. The Morgan fingerprint density at radius 3 is 2.92 bits per heavy atom. The standard InChI is InChI=1S/C7H13N3O3/c1-4-5(9-10-8)3-6(11)7(12-2)13-4/h4-7,11H,3H2,1-2H3. The molecule has 6 nitrogen and oxygen atoms in total. The molecule has 1 rings (SSSR count). The number of rotatable bonds is 2. The summed E-state index contributed by atoms with van der Waals surface area (Å²) in [5.74, 6) is 0. The number of nitrogens with zero attached hydrogens (tertiary/aromatic N) is 3. The molecular formula is C7H13N3O3. The quantitative estimate of drug-likeness (QED) is 0.394. The van der Waals surface area contributed by atoms with Gasteiger partial charge < -0.3 is 14.6 Å². The lowest BCUT2D eigenvalue weighted by atomic mass is 10.0. The Bertz CT molecular complexity index is 217. The van der Waals surface area contributed by atoms with Crippen LogP contribution in [0.15, 0.2) is 5.11 Å². The van der Waals surface area contributed by atoms with Gasteiger partial charge in [0.2, 0.25) is 0 Å². The fourth-order valence-corrected chi connectivity index (χ4v) is 1.36. The molecule has 0 radical (unpaired) electrons. The van der Waals surface area contributed by atoms with Gasteiger partial charge in [-0.05, 0) is 18.9 Å². The van der Waals surface area contributed by atoms with Gasteiger partial charge in [0.1, 0.15) is 6.10 Å². The van der Waals surface area contributed by atoms with E-state index in [2.05, 4.69) is 10.0 Å². The largest absolute Gasteiger partial charge is 0.388 e. The topological polar surface area (TPSA) is 87.5 Å². The zero-order chi connectivity index (χ0) is 9.84. The van der Waals surface area contributed by atoms with Crippen LogP contribution in [0.25, 0.3) is 10.4 Å². The van der Waals surface area contributed by atoms with Gasteiger partial charge in [0.25, 0.3) is 0 Å². The summed E-state index contributed by atoms with van der Waals surface area (Å²) < 4.78 is 10.2. The lowest BCUT2D eigenvalue weighted by Crippen LogP contribution is -2.45. The first-order valence-electron chi connectivity index (χ1n) is 4.09. The molecule has 1 fully saturated rings. The number of hydrogen-bond donors (Lipinski definition) is 1. The van der Waals surface area contributed by atoms with Gasteiger partial charge in [-0.2, -0.15) is 0 Å². The number of methoxy groups -OCH3 is 1. The average molecular weight is 187 g/mol. The van der Waals surface area contributed by atoms with E-state index in [1.165, 1.54) is 7.11 Å². The molecule has 4 atom stereocenters. The second kappa shape index (κ2) is 4.43. The van der Waals surface area contributed by atoms with Crippen LogP contribution in [0.5, 0.6) is 0 Å². The monoisotopic (exact) mass is 187 g/mol. The summed E-state index contributed by atoms with van der Waals surface area (Å²) in [6, 6.07) is -0.314. The Kier molecular flexibility index (Phi) is 3.50. The van der Waals surface area contributed by atoms with Crippen LogP contribution in [0, 0.1) is 0 Å². The Morgan fingerprint density at radius 1 is 1.69 bits per heavy atom. The predicted octanol–water partition coefficient (Wildman–Crippen LogP) is 0.808. The minimum absolute atomic E-state index is 0.218. The Morgan fingerprint density at radius 2 is 2.38 bits per heavy atom. The van der Waals surface area contributed by atoms with Gasteiger partial charge in [-0.3, -0.25) is 0 Å². The van der Waals surface area contributed by atoms with Crippen molar-refractivity contribution in [2.75, 3.05) is 7.11 Å². The molecule has 6 heteroatoms. The van der Waals surface area contributed by atoms with Crippen LogP contribution in [0.4, 0.5) is 0 Å². The molecule has 1 aliphatic heterocycles. The molecular weight excluding hydrogens is 174 g/mol. The van der Waals surface area contributed by atoms with Gasteiger partial charge in [-0.15, -0.1) is 0 Å². The van der Waals surface area contributed by atoms with E-state index in [1.807, 2.05) is 0 Å².